The minimum atomic E-state index is -0.461. The van der Waals surface area contributed by atoms with Crippen LogP contribution in [0, 0.1) is 11.3 Å². The number of nitriles is 1. The van der Waals surface area contributed by atoms with Gasteiger partial charge in [0.1, 0.15) is 28.9 Å². The van der Waals surface area contributed by atoms with Crippen molar-refractivity contribution in [3.8, 4) is 11.9 Å². The summed E-state index contributed by atoms with van der Waals surface area (Å²) in [5.41, 5.74) is 0.639. The first-order chi connectivity index (χ1) is 15.1. The van der Waals surface area contributed by atoms with Gasteiger partial charge in [0.05, 0.1) is 32.9 Å². The number of aromatic nitrogens is 6. The third kappa shape index (κ3) is 3.11. The highest BCUT2D eigenvalue weighted by Gasteiger charge is 2.22. The molecule has 0 saturated carbocycles. The Kier molecular flexibility index (Phi) is 4.62. The first-order valence-corrected chi connectivity index (χ1v) is 10.4. The molecular formula is C20H13ClN8OS. The second-order valence-corrected chi connectivity index (χ2v) is 7.97. The summed E-state index contributed by atoms with van der Waals surface area (Å²) in [7, 11) is 0. The molecule has 0 spiro atoms. The van der Waals surface area contributed by atoms with Crippen LogP contribution in [0.5, 0.6) is 0 Å². The number of hydrogen-bond donors (Lipinski definition) is 2. The van der Waals surface area contributed by atoms with Crippen LogP contribution in [-0.2, 0) is 0 Å². The van der Waals surface area contributed by atoms with Crippen LogP contribution in [-0.4, -0.2) is 29.7 Å². The Balaban J connectivity index is 1.70. The highest BCUT2D eigenvalue weighted by Crippen LogP contribution is 2.31. The standard InChI is InChI=1S/C20H13ClN8OS/c1-10(26-17-15-11(7-22)8-31-19(15)24-9-23-17)18-27-13-4-2-3-12(21)16(13)20(30)29(18)14-5-6-25-28-14/h2-6,8-10H,1H3,(H,25,28)(H,23,24,26). The summed E-state index contributed by atoms with van der Waals surface area (Å²) in [4.78, 5) is 27.4. The molecule has 5 aromatic rings. The van der Waals surface area contributed by atoms with Gasteiger partial charge in [-0.05, 0) is 19.1 Å². The molecule has 5 rings (SSSR count). The number of nitrogens with zero attached hydrogens (tertiary/aromatic N) is 6. The summed E-state index contributed by atoms with van der Waals surface area (Å²) in [6, 6.07) is 8.52. The maximum absolute atomic E-state index is 13.4. The van der Waals surface area contributed by atoms with Gasteiger partial charge in [-0.15, -0.1) is 11.3 Å². The Morgan fingerprint density at radius 2 is 2.16 bits per heavy atom. The third-order valence-electron chi connectivity index (χ3n) is 4.82. The summed E-state index contributed by atoms with van der Waals surface area (Å²) < 4.78 is 1.42. The number of fused-ring (bicyclic) bond motifs is 2. The van der Waals surface area contributed by atoms with Crippen molar-refractivity contribution in [3.63, 3.8) is 0 Å². The Labute approximate surface area is 184 Å². The van der Waals surface area contributed by atoms with Gasteiger partial charge in [0, 0.05) is 17.6 Å². The SMILES string of the molecule is CC(Nc1ncnc2scc(C#N)c12)c1nc2cccc(Cl)c2c(=O)n1-c1cc[nH]n1. The highest BCUT2D eigenvalue weighted by molar-refractivity contribution is 7.17. The van der Waals surface area contributed by atoms with Crippen molar-refractivity contribution in [2.45, 2.75) is 13.0 Å². The second-order valence-electron chi connectivity index (χ2n) is 6.71. The van der Waals surface area contributed by atoms with Gasteiger partial charge in [0.2, 0.25) is 0 Å². The van der Waals surface area contributed by atoms with Crippen molar-refractivity contribution in [2.75, 3.05) is 5.32 Å². The minimum Gasteiger partial charge on any atom is -0.360 e. The first-order valence-electron chi connectivity index (χ1n) is 9.18. The molecule has 0 fully saturated rings. The zero-order chi connectivity index (χ0) is 21.5. The lowest BCUT2D eigenvalue weighted by molar-refractivity contribution is 0.720. The molecule has 9 nitrogen and oxygen atoms in total. The molecule has 0 bridgehead atoms. The zero-order valence-electron chi connectivity index (χ0n) is 16.0. The van der Waals surface area contributed by atoms with E-state index in [4.69, 9.17) is 16.6 Å². The highest BCUT2D eigenvalue weighted by atomic mass is 35.5. The second kappa shape index (κ2) is 7.46. The number of nitrogens with one attached hydrogen (secondary N) is 2. The normalized spacial score (nSPS) is 12.2. The van der Waals surface area contributed by atoms with Gasteiger partial charge in [-0.25, -0.2) is 19.5 Å². The molecule has 0 aliphatic carbocycles. The van der Waals surface area contributed by atoms with E-state index in [0.29, 0.717) is 49.2 Å². The van der Waals surface area contributed by atoms with Crippen molar-refractivity contribution in [1.29, 1.82) is 5.26 Å². The largest absolute Gasteiger partial charge is 0.360 e. The van der Waals surface area contributed by atoms with Gasteiger partial charge in [-0.3, -0.25) is 9.89 Å². The van der Waals surface area contributed by atoms with E-state index in [0.717, 1.165) is 0 Å². The predicted octanol–water partition coefficient (Wildman–Crippen LogP) is 3.81. The number of benzene rings is 1. The molecular weight excluding hydrogens is 436 g/mol. The Morgan fingerprint density at radius 3 is 2.94 bits per heavy atom. The van der Waals surface area contributed by atoms with E-state index < -0.39 is 6.04 Å². The van der Waals surface area contributed by atoms with Crippen LogP contribution >= 0.6 is 22.9 Å². The maximum Gasteiger partial charge on any atom is 0.268 e. The number of thiophene rings is 1. The van der Waals surface area contributed by atoms with E-state index >= 15 is 0 Å². The Morgan fingerprint density at radius 1 is 1.29 bits per heavy atom. The van der Waals surface area contributed by atoms with Gasteiger partial charge < -0.3 is 5.32 Å². The Hall–Kier alpha value is -3.81. The summed E-state index contributed by atoms with van der Waals surface area (Å²) >= 11 is 7.67. The fourth-order valence-electron chi connectivity index (χ4n) is 3.43. The van der Waals surface area contributed by atoms with Gasteiger partial charge >= 0.3 is 0 Å². The number of H-pyrrole nitrogens is 1. The summed E-state index contributed by atoms with van der Waals surface area (Å²) in [5.74, 6) is 1.31. The number of anilines is 1. The van der Waals surface area contributed by atoms with Crippen LogP contribution < -0.4 is 10.9 Å². The smallest absolute Gasteiger partial charge is 0.268 e. The van der Waals surface area contributed by atoms with Crippen molar-refractivity contribution in [3.05, 3.63) is 68.9 Å². The Bertz CT molecular complexity index is 1530. The topological polar surface area (TPSA) is 125 Å². The van der Waals surface area contributed by atoms with Crippen LogP contribution in [0.25, 0.3) is 26.9 Å². The molecule has 0 aliphatic heterocycles. The van der Waals surface area contributed by atoms with E-state index in [9.17, 15) is 10.1 Å². The van der Waals surface area contributed by atoms with E-state index in [1.807, 2.05) is 6.92 Å². The average Bonchev–Trinajstić information content (AvgIpc) is 3.43. The molecule has 31 heavy (non-hydrogen) atoms. The zero-order valence-corrected chi connectivity index (χ0v) is 17.6. The molecule has 11 heteroatoms. The van der Waals surface area contributed by atoms with Crippen molar-refractivity contribution < 1.29 is 0 Å². The monoisotopic (exact) mass is 448 g/mol. The van der Waals surface area contributed by atoms with Gasteiger partial charge in [0.15, 0.2) is 5.82 Å². The molecule has 4 heterocycles. The van der Waals surface area contributed by atoms with Crippen LogP contribution in [0.1, 0.15) is 24.4 Å². The number of hydrogen-bond acceptors (Lipinski definition) is 8. The fourth-order valence-corrected chi connectivity index (χ4v) is 4.52. The lowest BCUT2D eigenvalue weighted by Gasteiger charge is -2.19. The van der Waals surface area contributed by atoms with Gasteiger partial charge in [0.25, 0.3) is 5.56 Å². The van der Waals surface area contributed by atoms with Crippen LogP contribution in [0.15, 0.2) is 47.0 Å². The summed E-state index contributed by atoms with van der Waals surface area (Å²) in [6.07, 6.45) is 3.06. The molecule has 0 aliphatic rings. The molecule has 1 aromatic carbocycles. The molecule has 4 aromatic heterocycles. The van der Waals surface area contributed by atoms with Crippen molar-refractivity contribution in [2.24, 2.45) is 0 Å². The molecule has 0 saturated heterocycles. The quantitative estimate of drug-likeness (QED) is 0.428. The molecule has 152 valence electrons. The van der Waals surface area contributed by atoms with E-state index in [-0.39, 0.29) is 5.56 Å². The van der Waals surface area contributed by atoms with Gasteiger partial charge in [-0.1, -0.05) is 17.7 Å². The van der Waals surface area contributed by atoms with Crippen LogP contribution in [0.2, 0.25) is 5.02 Å². The fraction of sp³-hybridized carbons (Fsp3) is 0.100. The molecule has 0 amide bonds. The van der Waals surface area contributed by atoms with E-state index in [1.54, 1.807) is 35.8 Å². The maximum atomic E-state index is 13.4. The van der Waals surface area contributed by atoms with Crippen LogP contribution in [0.4, 0.5) is 5.82 Å². The third-order valence-corrected chi connectivity index (χ3v) is 6.02. The first kappa shape index (κ1) is 19.2. The minimum absolute atomic E-state index is 0.317. The predicted molar refractivity (Wildman–Crippen MR) is 119 cm³/mol. The molecule has 2 N–H and O–H groups in total. The van der Waals surface area contributed by atoms with Crippen molar-refractivity contribution >= 4 is 49.9 Å². The van der Waals surface area contributed by atoms with Gasteiger partial charge in [-0.2, -0.15) is 10.4 Å². The molecule has 1 unspecified atom stereocenters. The van der Waals surface area contributed by atoms with Crippen LogP contribution in [0.3, 0.4) is 0 Å². The summed E-state index contributed by atoms with van der Waals surface area (Å²) in [5, 5.41) is 22.6. The van der Waals surface area contributed by atoms with Crippen molar-refractivity contribution in [1.82, 2.24) is 29.7 Å². The van der Waals surface area contributed by atoms with E-state index in [2.05, 4.69) is 31.6 Å². The number of aromatic amines is 1. The lowest BCUT2D eigenvalue weighted by Crippen LogP contribution is -2.28. The van der Waals surface area contributed by atoms with E-state index in [1.165, 1.54) is 22.2 Å². The summed E-state index contributed by atoms with van der Waals surface area (Å²) in [6.45, 7) is 1.85. The lowest BCUT2D eigenvalue weighted by atomic mass is 10.2. The number of rotatable bonds is 4. The average molecular weight is 449 g/mol. The number of halogens is 1. The molecule has 0 radical (unpaired) electrons. The molecule has 1 atom stereocenters.